The van der Waals surface area contributed by atoms with E-state index in [4.69, 9.17) is 10.2 Å². The highest BCUT2D eigenvalue weighted by Crippen LogP contribution is 2.15. The van der Waals surface area contributed by atoms with Gasteiger partial charge in [-0.3, -0.25) is 14.9 Å². The second-order valence-corrected chi connectivity index (χ2v) is 5.16. The number of hydrogen-bond acceptors (Lipinski definition) is 6. The predicted octanol–water partition coefficient (Wildman–Crippen LogP) is -0.681. The molecule has 1 atom stereocenters. The molecule has 19 heavy (non-hydrogen) atoms. The second kappa shape index (κ2) is 5.73. The predicted molar refractivity (Wildman–Crippen MR) is 61.9 cm³/mol. The molecule has 1 rings (SSSR count). The lowest BCUT2D eigenvalue weighted by Gasteiger charge is -2.11. The molecule has 0 aliphatic carbocycles. The Morgan fingerprint density at radius 1 is 1.37 bits per heavy atom. The number of nitrogens with one attached hydrogen (secondary N) is 1. The van der Waals surface area contributed by atoms with E-state index in [1.165, 1.54) is 0 Å². The third-order valence-electron chi connectivity index (χ3n) is 2.14. The van der Waals surface area contributed by atoms with E-state index in [0.29, 0.717) is 0 Å². The molecule has 0 aromatic heterocycles. The number of aliphatic hydroxyl groups excluding tert-OH is 1. The van der Waals surface area contributed by atoms with Crippen LogP contribution >= 0.6 is 0 Å². The highest BCUT2D eigenvalue weighted by atomic mass is 32.2. The van der Waals surface area contributed by atoms with Gasteiger partial charge >= 0.3 is 5.97 Å². The largest absolute Gasteiger partial charge is 0.480 e. The number of nitro benzene ring substituents is 1. The van der Waals surface area contributed by atoms with Gasteiger partial charge in [-0.1, -0.05) is 0 Å². The minimum Gasteiger partial charge on any atom is -0.480 e. The summed E-state index contributed by atoms with van der Waals surface area (Å²) < 4.78 is 25.2. The van der Waals surface area contributed by atoms with Gasteiger partial charge in [0.1, 0.15) is 6.04 Å². The van der Waals surface area contributed by atoms with Crippen LogP contribution < -0.4 is 4.72 Å². The Balaban J connectivity index is 3.00. The zero-order valence-corrected chi connectivity index (χ0v) is 10.2. The maximum absolute atomic E-state index is 11.7. The SMILES string of the molecule is O=C(O)[C@H](CO)NS(=O)(=O)c1ccc([N+](=O)[O-])cc1. The van der Waals surface area contributed by atoms with Gasteiger partial charge < -0.3 is 10.2 Å². The molecule has 0 unspecified atom stereocenters. The molecule has 104 valence electrons. The van der Waals surface area contributed by atoms with Crippen LogP contribution in [0.4, 0.5) is 5.69 Å². The lowest BCUT2D eigenvalue weighted by Crippen LogP contribution is -2.43. The van der Waals surface area contributed by atoms with Crippen LogP contribution in [-0.4, -0.2) is 42.2 Å². The summed E-state index contributed by atoms with van der Waals surface area (Å²) in [5.74, 6) is -1.53. The van der Waals surface area contributed by atoms with Crippen LogP contribution in [0.5, 0.6) is 0 Å². The van der Waals surface area contributed by atoms with Gasteiger partial charge in [0.05, 0.1) is 16.4 Å². The molecule has 1 aromatic rings. The Hall–Kier alpha value is -2.04. The normalized spacial score (nSPS) is 12.9. The lowest BCUT2D eigenvalue weighted by atomic mass is 10.3. The number of carboxylic acids is 1. The van der Waals surface area contributed by atoms with Crippen molar-refractivity contribution in [2.45, 2.75) is 10.9 Å². The fraction of sp³-hybridized carbons (Fsp3) is 0.222. The fourth-order valence-electron chi connectivity index (χ4n) is 1.17. The summed E-state index contributed by atoms with van der Waals surface area (Å²) in [5.41, 5.74) is -0.295. The number of benzene rings is 1. The van der Waals surface area contributed by atoms with Crippen LogP contribution in [-0.2, 0) is 14.8 Å². The van der Waals surface area contributed by atoms with Crippen molar-refractivity contribution in [2.24, 2.45) is 0 Å². The van der Waals surface area contributed by atoms with E-state index in [1.54, 1.807) is 4.72 Å². The molecule has 0 heterocycles. The van der Waals surface area contributed by atoms with Gasteiger partial charge in [-0.15, -0.1) is 0 Å². The minimum atomic E-state index is -4.17. The van der Waals surface area contributed by atoms with E-state index in [-0.39, 0.29) is 10.6 Å². The molecule has 9 nitrogen and oxygen atoms in total. The molecule has 0 spiro atoms. The summed E-state index contributed by atoms with van der Waals surface area (Å²) in [5, 5.41) is 27.8. The van der Waals surface area contributed by atoms with Crippen molar-refractivity contribution in [3.63, 3.8) is 0 Å². The number of sulfonamides is 1. The smallest absolute Gasteiger partial charge is 0.324 e. The molecule has 0 fully saturated rings. The first-order chi connectivity index (χ1) is 8.77. The summed E-state index contributed by atoms with van der Waals surface area (Å²) in [7, 11) is -4.17. The Kier molecular flexibility index (Phi) is 4.53. The van der Waals surface area contributed by atoms with Gasteiger partial charge in [0, 0.05) is 12.1 Å². The molecule has 0 saturated heterocycles. The van der Waals surface area contributed by atoms with Crippen LogP contribution in [0.25, 0.3) is 0 Å². The van der Waals surface area contributed by atoms with Crippen LogP contribution in [0.3, 0.4) is 0 Å². The quantitative estimate of drug-likeness (QED) is 0.464. The van der Waals surface area contributed by atoms with Gasteiger partial charge in [-0.25, -0.2) is 8.42 Å². The number of carbonyl (C=O) groups is 1. The van der Waals surface area contributed by atoms with Crippen molar-refractivity contribution in [3.05, 3.63) is 34.4 Å². The van der Waals surface area contributed by atoms with Gasteiger partial charge in [0.2, 0.25) is 10.0 Å². The Morgan fingerprint density at radius 2 is 1.89 bits per heavy atom. The second-order valence-electron chi connectivity index (χ2n) is 3.45. The third-order valence-corrected chi connectivity index (χ3v) is 3.62. The first-order valence-corrected chi connectivity index (χ1v) is 6.36. The Bertz CT molecular complexity index is 581. The van der Waals surface area contributed by atoms with E-state index >= 15 is 0 Å². The molecule has 0 radical (unpaired) electrons. The Labute approximate surface area is 107 Å². The number of aliphatic carboxylic acids is 1. The van der Waals surface area contributed by atoms with Crippen molar-refractivity contribution >= 4 is 21.7 Å². The molecule has 3 N–H and O–H groups in total. The number of carboxylic acid groups (broad SMARTS) is 1. The Morgan fingerprint density at radius 3 is 2.26 bits per heavy atom. The zero-order valence-electron chi connectivity index (χ0n) is 9.38. The van der Waals surface area contributed by atoms with Gasteiger partial charge in [0.25, 0.3) is 5.69 Å². The number of non-ortho nitro benzene ring substituents is 1. The number of aliphatic hydroxyl groups is 1. The number of rotatable bonds is 6. The average molecular weight is 290 g/mol. The third kappa shape index (κ3) is 3.71. The first-order valence-electron chi connectivity index (χ1n) is 4.88. The summed E-state index contributed by atoms with van der Waals surface area (Å²) in [4.78, 5) is 20.0. The van der Waals surface area contributed by atoms with Crippen LogP contribution in [0.1, 0.15) is 0 Å². The fourth-order valence-corrected chi connectivity index (χ4v) is 2.35. The van der Waals surface area contributed by atoms with Crippen molar-refractivity contribution < 1.29 is 28.3 Å². The minimum absolute atomic E-state index is 0.295. The lowest BCUT2D eigenvalue weighted by molar-refractivity contribution is -0.384. The number of hydrogen-bond donors (Lipinski definition) is 3. The molecule has 0 aliphatic rings. The first kappa shape index (κ1) is 15.0. The summed E-state index contributed by atoms with van der Waals surface area (Å²) in [6, 6.07) is 2.21. The maximum atomic E-state index is 11.7. The van der Waals surface area contributed by atoms with Crippen molar-refractivity contribution in [1.82, 2.24) is 4.72 Å². The molecule has 1 aromatic carbocycles. The summed E-state index contributed by atoms with van der Waals surface area (Å²) in [6.07, 6.45) is 0. The highest BCUT2D eigenvalue weighted by molar-refractivity contribution is 7.89. The van der Waals surface area contributed by atoms with Crippen LogP contribution in [0.2, 0.25) is 0 Å². The molecule has 10 heteroatoms. The van der Waals surface area contributed by atoms with E-state index < -0.39 is 33.6 Å². The summed E-state index contributed by atoms with van der Waals surface area (Å²) in [6.45, 7) is -0.915. The zero-order chi connectivity index (χ0) is 14.6. The standard InChI is InChI=1S/C9H10N2O7S/c12-5-8(9(13)14)10-19(17,18)7-3-1-6(2-4-7)11(15)16/h1-4,8,10,12H,5H2,(H,13,14)/t8-/m0/s1. The van der Waals surface area contributed by atoms with Gasteiger partial charge in [-0.05, 0) is 12.1 Å². The van der Waals surface area contributed by atoms with E-state index in [9.17, 15) is 23.3 Å². The van der Waals surface area contributed by atoms with Gasteiger partial charge in [-0.2, -0.15) is 4.72 Å². The maximum Gasteiger partial charge on any atom is 0.324 e. The molecule has 0 saturated carbocycles. The molecule has 0 aliphatic heterocycles. The van der Waals surface area contributed by atoms with Gasteiger partial charge in [0.15, 0.2) is 0 Å². The van der Waals surface area contributed by atoms with E-state index in [1.807, 2.05) is 0 Å². The van der Waals surface area contributed by atoms with Crippen LogP contribution in [0, 0.1) is 10.1 Å². The molecular formula is C9H10N2O7S. The molecule has 0 amide bonds. The van der Waals surface area contributed by atoms with Crippen molar-refractivity contribution in [2.75, 3.05) is 6.61 Å². The topological polar surface area (TPSA) is 147 Å². The van der Waals surface area contributed by atoms with E-state index in [2.05, 4.69) is 0 Å². The average Bonchev–Trinajstić information content (AvgIpc) is 2.35. The summed E-state index contributed by atoms with van der Waals surface area (Å²) >= 11 is 0. The number of nitro groups is 1. The van der Waals surface area contributed by atoms with Crippen molar-refractivity contribution in [1.29, 1.82) is 0 Å². The monoisotopic (exact) mass is 290 g/mol. The highest BCUT2D eigenvalue weighted by Gasteiger charge is 2.25. The van der Waals surface area contributed by atoms with Crippen molar-refractivity contribution in [3.8, 4) is 0 Å². The molecular weight excluding hydrogens is 280 g/mol. The molecule has 0 bridgehead atoms. The number of nitrogens with zero attached hydrogens (tertiary/aromatic N) is 1. The van der Waals surface area contributed by atoms with Crippen LogP contribution in [0.15, 0.2) is 29.2 Å². The van der Waals surface area contributed by atoms with E-state index in [0.717, 1.165) is 24.3 Å².